The van der Waals surface area contributed by atoms with Crippen LogP contribution in [0.1, 0.15) is 52.7 Å². The highest BCUT2D eigenvalue weighted by molar-refractivity contribution is 8.00. The molecule has 0 radical (unpaired) electrons. The van der Waals surface area contributed by atoms with E-state index in [2.05, 4.69) is 5.10 Å². The van der Waals surface area contributed by atoms with E-state index in [9.17, 15) is 13.6 Å². The van der Waals surface area contributed by atoms with Gasteiger partial charge in [-0.2, -0.15) is 5.10 Å². The molecule has 1 atom stereocenters. The van der Waals surface area contributed by atoms with Crippen LogP contribution >= 0.6 is 11.8 Å². The van der Waals surface area contributed by atoms with Gasteiger partial charge < -0.3 is 9.64 Å². The van der Waals surface area contributed by atoms with Crippen molar-refractivity contribution < 1.29 is 22.7 Å². The fourth-order valence-corrected chi connectivity index (χ4v) is 4.19. The van der Waals surface area contributed by atoms with Crippen molar-refractivity contribution in [3.63, 3.8) is 0 Å². The molecule has 0 N–H and O–H groups in total. The first-order chi connectivity index (χ1) is 11.9. The number of amides is 1. The average molecular weight is 393 g/mol. The second-order valence-electron chi connectivity index (χ2n) is 7.68. The Morgan fingerprint density at radius 3 is 2.38 bits per heavy atom. The largest absolute Gasteiger partial charge is 0.444 e. The third kappa shape index (κ3) is 5.31. The zero-order chi connectivity index (χ0) is 19.7. The maximum absolute atomic E-state index is 15.3. The molecule has 1 unspecified atom stereocenters. The first-order valence-electron chi connectivity index (χ1n) is 8.56. The number of thioether (sulfide) groups is 1. The number of likely N-dealkylation sites (tertiary alicyclic amines) is 1. The molecule has 9 heteroatoms. The SMILES string of the molecule is Cn1cc(SC(C)(F)C2CCN(C(=O)OC(C)(C)C)CC2)c(C(F)F)n1. The molecule has 1 aromatic rings. The number of carbonyl (C=O) groups is 1. The predicted octanol–water partition coefficient (Wildman–Crippen LogP) is 4.78. The van der Waals surface area contributed by atoms with Crippen molar-refractivity contribution in [2.24, 2.45) is 13.0 Å². The van der Waals surface area contributed by atoms with E-state index in [1.54, 1.807) is 25.7 Å². The molecule has 2 heterocycles. The van der Waals surface area contributed by atoms with Gasteiger partial charge >= 0.3 is 6.09 Å². The third-order valence-electron chi connectivity index (χ3n) is 4.21. The number of hydrogen-bond donors (Lipinski definition) is 0. The van der Waals surface area contributed by atoms with E-state index in [4.69, 9.17) is 4.74 Å². The number of ether oxygens (including phenoxy) is 1. The Morgan fingerprint density at radius 1 is 1.31 bits per heavy atom. The number of rotatable bonds is 4. The fraction of sp³-hybridized carbons (Fsp3) is 0.765. The number of nitrogens with zero attached hydrogens (tertiary/aromatic N) is 3. The van der Waals surface area contributed by atoms with Gasteiger partial charge in [0.1, 0.15) is 11.3 Å². The summed E-state index contributed by atoms with van der Waals surface area (Å²) in [5, 5.41) is 1.99. The van der Waals surface area contributed by atoms with Gasteiger partial charge in [-0.1, -0.05) is 11.8 Å². The van der Waals surface area contributed by atoms with Gasteiger partial charge in [0, 0.05) is 32.3 Å². The van der Waals surface area contributed by atoms with Crippen LogP contribution in [-0.2, 0) is 11.8 Å². The maximum Gasteiger partial charge on any atom is 0.410 e. The summed E-state index contributed by atoms with van der Waals surface area (Å²) in [6, 6.07) is 0. The van der Waals surface area contributed by atoms with E-state index in [0.717, 1.165) is 11.8 Å². The van der Waals surface area contributed by atoms with Gasteiger partial charge in [0.25, 0.3) is 6.43 Å². The van der Waals surface area contributed by atoms with Gasteiger partial charge in [-0.25, -0.2) is 18.0 Å². The zero-order valence-corrected chi connectivity index (χ0v) is 16.6. The highest BCUT2D eigenvalue weighted by Gasteiger charge is 2.40. The Morgan fingerprint density at radius 2 is 1.88 bits per heavy atom. The van der Waals surface area contributed by atoms with Gasteiger partial charge in [0.2, 0.25) is 0 Å². The Kier molecular flexibility index (Phi) is 6.20. The Bertz CT molecular complexity index is 636. The van der Waals surface area contributed by atoms with Gasteiger partial charge in [0.15, 0.2) is 5.00 Å². The molecule has 0 aliphatic carbocycles. The quantitative estimate of drug-likeness (QED) is 0.691. The van der Waals surface area contributed by atoms with Crippen molar-refractivity contribution in [1.82, 2.24) is 14.7 Å². The number of carbonyl (C=O) groups excluding carboxylic acids is 1. The van der Waals surface area contributed by atoms with Crippen molar-refractivity contribution in [3.8, 4) is 0 Å². The molecule has 2 rings (SSSR count). The van der Waals surface area contributed by atoms with Gasteiger partial charge in [-0.3, -0.25) is 4.68 Å². The highest BCUT2D eigenvalue weighted by Crippen LogP contribution is 2.46. The Balaban J connectivity index is 1.98. The molecule has 0 bridgehead atoms. The summed E-state index contributed by atoms with van der Waals surface area (Å²) in [5.41, 5.74) is -0.975. The molecule has 1 fully saturated rings. The number of alkyl halides is 3. The van der Waals surface area contributed by atoms with Crippen molar-refractivity contribution in [3.05, 3.63) is 11.9 Å². The van der Waals surface area contributed by atoms with Crippen LogP contribution in [0.4, 0.5) is 18.0 Å². The van der Waals surface area contributed by atoms with Crippen molar-refractivity contribution in [1.29, 1.82) is 0 Å². The normalized spacial score (nSPS) is 18.9. The predicted molar refractivity (Wildman–Crippen MR) is 94.1 cm³/mol. The minimum atomic E-state index is -2.75. The fourth-order valence-electron chi connectivity index (χ4n) is 2.92. The molecule has 1 amide bonds. The van der Waals surface area contributed by atoms with Crippen LogP contribution < -0.4 is 0 Å². The summed E-state index contributed by atoms with van der Waals surface area (Å²) in [6.45, 7) is 7.56. The van der Waals surface area contributed by atoms with Crippen LogP contribution in [0.3, 0.4) is 0 Å². The average Bonchev–Trinajstić information content (AvgIpc) is 2.85. The zero-order valence-electron chi connectivity index (χ0n) is 15.8. The number of hydrogen-bond acceptors (Lipinski definition) is 4. The van der Waals surface area contributed by atoms with Crippen molar-refractivity contribution >= 4 is 17.9 Å². The first-order valence-corrected chi connectivity index (χ1v) is 9.38. The summed E-state index contributed by atoms with van der Waals surface area (Å²) < 4.78 is 48.0. The van der Waals surface area contributed by atoms with Crippen LogP contribution in [0.2, 0.25) is 0 Å². The lowest BCUT2D eigenvalue weighted by Crippen LogP contribution is -2.44. The number of aromatic nitrogens is 2. The van der Waals surface area contributed by atoms with E-state index in [1.165, 1.54) is 24.9 Å². The molecule has 1 saturated heterocycles. The van der Waals surface area contributed by atoms with E-state index >= 15 is 4.39 Å². The minimum absolute atomic E-state index is 0.155. The van der Waals surface area contributed by atoms with E-state index in [0.29, 0.717) is 25.9 Å². The molecular weight excluding hydrogens is 367 g/mol. The Labute approximate surface area is 156 Å². The second-order valence-corrected chi connectivity index (χ2v) is 9.12. The minimum Gasteiger partial charge on any atom is -0.444 e. The summed E-state index contributed by atoms with van der Waals surface area (Å²) in [6.07, 6.45) is -0.840. The van der Waals surface area contributed by atoms with Crippen LogP contribution in [0.5, 0.6) is 0 Å². The van der Waals surface area contributed by atoms with Crippen LogP contribution in [-0.4, -0.2) is 44.5 Å². The van der Waals surface area contributed by atoms with E-state index in [-0.39, 0.29) is 10.8 Å². The maximum atomic E-state index is 15.3. The number of halogens is 3. The smallest absolute Gasteiger partial charge is 0.410 e. The molecule has 1 aromatic heterocycles. The van der Waals surface area contributed by atoms with Crippen LogP contribution in [0, 0.1) is 5.92 Å². The Hall–Kier alpha value is -1.38. The number of aryl methyl sites for hydroxylation is 1. The lowest BCUT2D eigenvalue weighted by molar-refractivity contribution is 0.0135. The first kappa shape index (κ1) is 20.9. The molecular formula is C17H26F3N3O2S. The van der Waals surface area contributed by atoms with E-state index < -0.39 is 28.8 Å². The molecule has 0 spiro atoms. The van der Waals surface area contributed by atoms with Gasteiger partial charge in [-0.15, -0.1) is 0 Å². The van der Waals surface area contributed by atoms with Crippen LogP contribution in [0.15, 0.2) is 11.1 Å². The summed E-state index contributed by atoms with van der Waals surface area (Å²) in [7, 11) is 1.53. The summed E-state index contributed by atoms with van der Waals surface area (Å²) >= 11 is 0.783. The van der Waals surface area contributed by atoms with Crippen molar-refractivity contribution in [2.75, 3.05) is 13.1 Å². The van der Waals surface area contributed by atoms with E-state index in [1.807, 2.05) is 0 Å². The molecule has 1 aliphatic rings. The topological polar surface area (TPSA) is 47.4 Å². The molecule has 0 aromatic carbocycles. The van der Waals surface area contributed by atoms with Crippen molar-refractivity contribution in [2.45, 2.75) is 62.5 Å². The summed E-state index contributed by atoms with van der Waals surface area (Å²) in [4.78, 5) is 13.8. The number of piperidine rings is 1. The van der Waals surface area contributed by atoms with Crippen LogP contribution in [0.25, 0.3) is 0 Å². The van der Waals surface area contributed by atoms with Gasteiger partial charge in [-0.05, 0) is 40.5 Å². The lowest BCUT2D eigenvalue weighted by atomic mass is 9.92. The molecule has 26 heavy (non-hydrogen) atoms. The highest BCUT2D eigenvalue weighted by atomic mass is 32.2. The monoisotopic (exact) mass is 393 g/mol. The molecule has 5 nitrogen and oxygen atoms in total. The lowest BCUT2D eigenvalue weighted by Gasteiger charge is -2.38. The molecule has 0 saturated carbocycles. The molecule has 1 aliphatic heterocycles. The summed E-state index contributed by atoms with van der Waals surface area (Å²) in [5.74, 6) is -0.350. The third-order valence-corrected chi connectivity index (χ3v) is 5.48. The van der Waals surface area contributed by atoms with Gasteiger partial charge in [0.05, 0.1) is 4.90 Å². The second kappa shape index (κ2) is 7.70. The standard InChI is InChI=1S/C17H26F3N3O2S/c1-16(2,3)25-15(24)23-8-6-11(7-9-23)17(4,20)26-12-10-22(5)21-13(12)14(18)19/h10-11,14H,6-9H2,1-5H3. The molecule has 148 valence electrons.